The quantitative estimate of drug-likeness (QED) is 0.523. The van der Waals surface area contributed by atoms with E-state index in [9.17, 15) is 4.79 Å². The summed E-state index contributed by atoms with van der Waals surface area (Å²) in [5.74, 6) is 1.19. The minimum atomic E-state index is -0.206. The molecule has 1 N–H and O–H groups in total. The number of hydrogen-bond acceptors (Lipinski definition) is 4. The van der Waals surface area contributed by atoms with Crippen LogP contribution in [-0.2, 0) is 17.9 Å². The van der Waals surface area contributed by atoms with Crippen LogP contribution in [0.4, 0.5) is 0 Å². The normalized spacial score (nSPS) is 11.0. The molecule has 1 aromatic heterocycles. The average Bonchev–Trinajstić information content (AvgIpc) is 3.04. The summed E-state index contributed by atoms with van der Waals surface area (Å²) in [6, 6.07) is 13.2. The molecule has 0 aliphatic carbocycles. The smallest absolute Gasteiger partial charge is 0.244 e. The number of methoxy groups -OCH3 is 2. The SMILES string of the molecule is COc1ccc(OC)c(CNC(=O)/C=C/c2c(C)nn(Cc3ccccc3Cl)c2C)c1. The topological polar surface area (TPSA) is 65.4 Å². The molecule has 0 fully saturated rings. The van der Waals surface area contributed by atoms with Crippen LogP contribution in [0.3, 0.4) is 0 Å². The van der Waals surface area contributed by atoms with E-state index < -0.39 is 0 Å². The van der Waals surface area contributed by atoms with Crippen LogP contribution in [-0.4, -0.2) is 29.9 Å². The predicted octanol–water partition coefficient (Wildman–Crippen LogP) is 4.55. The molecule has 7 heteroatoms. The molecular formula is C24H26ClN3O3. The molecule has 0 saturated heterocycles. The fourth-order valence-electron chi connectivity index (χ4n) is 3.31. The Morgan fingerprint density at radius 2 is 1.90 bits per heavy atom. The van der Waals surface area contributed by atoms with Crippen molar-refractivity contribution in [1.29, 1.82) is 0 Å². The van der Waals surface area contributed by atoms with Gasteiger partial charge in [0.05, 0.1) is 26.5 Å². The first kappa shape index (κ1) is 22.4. The average molecular weight is 440 g/mol. The standard InChI is InChI=1S/C24H26ClN3O3/c1-16-21(17(2)28(27-16)15-18-7-5-6-8-22(18)25)10-12-24(29)26-14-19-13-20(30-3)9-11-23(19)31-4/h5-13H,14-15H2,1-4H3,(H,26,29)/b12-10+. The van der Waals surface area contributed by atoms with E-state index >= 15 is 0 Å². The third kappa shape index (κ3) is 5.47. The highest BCUT2D eigenvalue weighted by atomic mass is 35.5. The summed E-state index contributed by atoms with van der Waals surface area (Å²) in [7, 11) is 3.20. The van der Waals surface area contributed by atoms with Crippen molar-refractivity contribution >= 4 is 23.6 Å². The van der Waals surface area contributed by atoms with Gasteiger partial charge in [-0.3, -0.25) is 9.48 Å². The van der Waals surface area contributed by atoms with Gasteiger partial charge in [0.15, 0.2) is 0 Å². The molecule has 0 saturated carbocycles. The lowest BCUT2D eigenvalue weighted by Crippen LogP contribution is -2.20. The Hall–Kier alpha value is -3.25. The zero-order valence-corrected chi connectivity index (χ0v) is 18.9. The largest absolute Gasteiger partial charge is 0.497 e. The summed E-state index contributed by atoms with van der Waals surface area (Å²) in [6.07, 6.45) is 3.31. The van der Waals surface area contributed by atoms with Crippen molar-refractivity contribution in [1.82, 2.24) is 15.1 Å². The second kappa shape index (κ2) is 10.2. The maximum Gasteiger partial charge on any atom is 0.244 e. The molecule has 0 aliphatic rings. The summed E-state index contributed by atoms with van der Waals surface area (Å²) in [6.45, 7) is 4.81. The molecule has 1 amide bonds. The maximum absolute atomic E-state index is 12.4. The lowest BCUT2D eigenvalue weighted by atomic mass is 10.1. The van der Waals surface area contributed by atoms with Gasteiger partial charge in [-0.2, -0.15) is 5.10 Å². The molecule has 0 bridgehead atoms. The zero-order chi connectivity index (χ0) is 22.4. The number of aryl methyl sites for hydroxylation is 1. The van der Waals surface area contributed by atoms with Gasteiger partial charge in [-0.15, -0.1) is 0 Å². The van der Waals surface area contributed by atoms with Crippen molar-refractivity contribution < 1.29 is 14.3 Å². The zero-order valence-electron chi connectivity index (χ0n) is 18.1. The summed E-state index contributed by atoms with van der Waals surface area (Å²) in [4.78, 5) is 12.4. The first-order valence-electron chi connectivity index (χ1n) is 9.87. The highest BCUT2D eigenvalue weighted by Crippen LogP contribution is 2.24. The highest BCUT2D eigenvalue weighted by molar-refractivity contribution is 6.31. The van der Waals surface area contributed by atoms with E-state index in [0.717, 1.165) is 28.1 Å². The lowest BCUT2D eigenvalue weighted by molar-refractivity contribution is -0.116. The van der Waals surface area contributed by atoms with Crippen molar-refractivity contribution in [3.63, 3.8) is 0 Å². The van der Waals surface area contributed by atoms with E-state index in [-0.39, 0.29) is 5.91 Å². The number of hydrogen-bond donors (Lipinski definition) is 1. The van der Waals surface area contributed by atoms with Gasteiger partial charge in [0.1, 0.15) is 11.5 Å². The summed E-state index contributed by atoms with van der Waals surface area (Å²) >= 11 is 6.28. The number of nitrogens with zero attached hydrogens (tertiary/aromatic N) is 2. The van der Waals surface area contributed by atoms with Gasteiger partial charge >= 0.3 is 0 Å². The Morgan fingerprint density at radius 3 is 2.61 bits per heavy atom. The van der Waals surface area contributed by atoms with Gasteiger partial charge in [-0.25, -0.2) is 0 Å². The molecule has 162 valence electrons. The molecule has 6 nitrogen and oxygen atoms in total. The number of aromatic nitrogens is 2. The molecule has 1 heterocycles. The third-order valence-electron chi connectivity index (χ3n) is 5.06. The number of carbonyl (C=O) groups is 1. The lowest BCUT2D eigenvalue weighted by Gasteiger charge is -2.10. The van der Waals surface area contributed by atoms with Crippen LogP contribution in [0.1, 0.15) is 28.1 Å². The number of halogens is 1. The molecule has 0 aliphatic heterocycles. The summed E-state index contributed by atoms with van der Waals surface area (Å²) in [5, 5.41) is 8.19. The van der Waals surface area contributed by atoms with Gasteiger partial charge in [0.2, 0.25) is 5.91 Å². The minimum Gasteiger partial charge on any atom is -0.497 e. The molecule has 2 aromatic carbocycles. The van der Waals surface area contributed by atoms with Gasteiger partial charge < -0.3 is 14.8 Å². The van der Waals surface area contributed by atoms with E-state index in [4.69, 9.17) is 21.1 Å². The van der Waals surface area contributed by atoms with E-state index in [1.807, 2.05) is 61.0 Å². The monoisotopic (exact) mass is 439 g/mol. The van der Waals surface area contributed by atoms with Gasteiger partial charge in [-0.1, -0.05) is 29.8 Å². The van der Waals surface area contributed by atoms with Crippen molar-refractivity contribution in [3.8, 4) is 11.5 Å². The molecule has 0 unspecified atom stereocenters. The summed E-state index contributed by atoms with van der Waals surface area (Å²) < 4.78 is 12.5. The molecule has 0 spiro atoms. The number of ether oxygens (including phenoxy) is 2. The second-order valence-corrected chi connectivity index (χ2v) is 7.47. The van der Waals surface area contributed by atoms with E-state index in [2.05, 4.69) is 10.4 Å². The van der Waals surface area contributed by atoms with Crippen LogP contribution in [0, 0.1) is 13.8 Å². The van der Waals surface area contributed by atoms with E-state index in [1.165, 1.54) is 6.08 Å². The Balaban J connectivity index is 1.69. The van der Waals surface area contributed by atoms with Gasteiger partial charge in [0.25, 0.3) is 0 Å². The summed E-state index contributed by atoms with van der Waals surface area (Å²) in [5.41, 5.74) is 4.57. The van der Waals surface area contributed by atoms with Crippen LogP contribution in [0.15, 0.2) is 48.5 Å². The maximum atomic E-state index is 12.4. The minimum absolute atomic E-state index is 0.206. The van der Waals surface area contributed by atoms with Crippen LogP contribution in [0.2, 0.25) is 5.02 Å². The van der Waals surface area contributed by atoms with Crippen LogP contribution in [0.25, 0.3) is 6.08 Å². The molecule has 3 aromatic rings. The van der Waals surface area contributed by atoms with Crippen LogP contribution >= 0.6 is 11.6 Å². The van der Waals surface area contributed by atoms with Gasteiger partial charge in [0, 0.05) is 34.5 Å². The number of carbonyl (C=O) groups excluding carboxylic acids is 1. The highest BCUT2D eigenvalue weighted by Gasteiger charge is 2.11. The third-order valence-corrected chi connectivity index (χ3v) is 5.43. The number of nitrogens with one attached hydrogen (secondary N) is 1. The fraction of sp³-hybridized carbons (Fsp3) is 0.250. The van der Waals surface area contributed by atoms with Crippen molar-refractivity contribution in [2.75, 3.05) is 14.2 Å². The molecular weight excluding hydrogens is 414 g/mol. The Kier molecular flexibility index (Phi) is 7.36. The van der Waals surface area contributed by atoms with E-state index in [0.29, 0.717) is 29.6 Å². The first-order chi connectivity index (χ1) is 14.9. The van der Waals surface area contributed by atoms with Crippen molar-refractivity contribution in [3.05, 3.63) is 81.6 Å². The molecule has 0 radical (unpaired) electrons. The molecule has 31 heavy (non-hydrogen) atoms. The molecule has 0 atom stereocenters. The van der Waals surface area contributed by atoms with Crippen molar-refractivity contribution in [2.24, 2.45) is 0 Å². The van der Waals surface area contributed by atoms with E-state index in [1.54, 1.807) is 20.3 Å². The fourth-order valence-corrected chi connectivity index (χ4v) is 3.51. The first-order valence-corrected chi connectivity index (χ1v) is 10.2. The number of benzene rings is 2. The molecule has 3 rings (SSSR count). The van der Waals surface area contributed by atoms with Crippen molar-refractivity contribution in [2.45, 2.75) is 26.9 Å². The number of rotatable bonds is 8. The number of amides is 1. The Labute approximate surface area is 187 Å². The predicted molar refractivity (Wildman–Crippen MR) is 123 cm³/mol. The second-order valence-electron chi connectivity index (χ2n) is 7.06. The van der Waals surface area contributed by atoms with Crippen LogP contribution < -0.4 is 14.8 Å². The van der Waals surface area contributed by atoms with Crippen LogP contribution in [0.5, 0.6) is 11.5 Å². The Bertz CT molecular complexity index is 1110. The van der Waals surface area contributed by atoms with Gasteiger partial charge in [-0.05, 0) is 49.8 Å². The Morgan fingerprint density at radius 1 is 1.13 bits per heavy atom.